The van der Waals surface area contributed by atoms with Crippen LogP contribution in [0.15, 0.2) is 54.6 Å². The van der Waals surface area contributed by atoms with Gasteiger partial charge in [-0.1, -0.05) is 42.5 Å². The van der Waals surface area contributed by atoms with Crippen molar-refractivity contribution in [3.05, 3.63) is 65.7 Å². The van der Waals surface area contributed by atoms with Gasteiger partial charge in [-0.15, -0.1) is 0 Å². The van der Waals surface area contributed by atoms with Crippen LogP contribution in [0.5, 0.6) is 5.75 Å². The molecule has 0 saturated carbocycles. The summed E-state index contributed by atoms with van der Waals surface area (Å²) in [5, 5.41) is 0. The van der Waals surface area contributed by atoms with Gasteiger partial charge in [0.05, 0.1) is 13.2 Å². The molecule has 0 heterocycles. The molecule has 0 aliphatic rings. The van der Waals surface area contributed by atoms with Gasteiger partial charge in [0.25, 0.3) is 0 Å². The van der Waals surface area contributed by atoms with Crippen LogP contribution in [0, 0.1) is 0 Å². The van der Waals surface area contributed by atoms with Gasteiger partial charge in [-0.3, -0.25) is 0 Å². The molecular weight excluding hydrogens is 262 g/mol. The third-order valence-electron chi connectivity index (χ3n) is 3.23. The number of ether oxygens (including phenoxy) is 2. The van der Waals surface area contributed by atoms with Crippen molar-refractivity contribution in [3.63, 3.8) is 0 Å². The first-order valence-corrected chi connectivity index (χ1v) is 7.42. The van der Waals surface area contributed by atoms with E-state index in [0.717, 1.165) is 25.2 Å². The second-order valence-corrected chi connectivity index (χ2v) is 4.88. The van der Waals surface area contributed by atoms with Gasteiger partial charge in [-0.2, -0.15) is 0 Å². The average molecular weight is 285 g/mol. The van der Waals surface area contributed by atoms with E-state index in [4.69, 9.17) is 15.2 Å². The molecule has 0 radical (unpaired) electrons. The zero-order valence-electron chi connectivity index (χ0n) is 12.3. The van der Waals surface area contributed by atoms with Crippen molar-refractivity contribution in [2.75, 3.05) is 26.4 Å². The van der Waals surface area contributed by atoms with Crippen molar-refractivity contribution in [2.45, 2.75) is 12.8 Å². The number of hydrogen-bond acceptors (Lipinski definition) is 3. The first-order chi connectivity index (χ1) is 10.4. The summed E-state index contributed by atoms with van der Waals surface area (Å²) in [6.07, 6.45) is 1.84. The summed E-state index contributed by atoms with van der Waals surface area (Å²) >= 11 is 0. The Hall–Kier alpha value is -1.84. The number of nitrogens with two attached hydrogens (primary N) is 1. The van der Waals surface area contributed by atoms with Crippen LogP contribution in [0.3, 0.4) is 0 Å². The standard InChI is InChI=1S/C18H23NO2/c19-12-10-17-6-8-18(9-7-17)21-15-14-20-13-11-16-4-2-1-3-5-16/h1-9H,10-15,19H2. The Morgan fingerprint density at radius 2 is 1.43 bits per heavy atom. The molecule has 21 heavy (non-hydrogen) atoms. The smallest absolute Gasteiger partial charge is 0.119 e. The van der Waals surface area contributed by atoms with Crippen molar-refractivity contribution >= 4 is 0 Å². The molecule has 112 valence electrons. The monoisotopic (exact) mass is 285 g/mol. The van der Waals surface area contributed by atoms with E-state index in [-0.39, 0.29) is 0 Å². The minimum atomic E-state index is 0.574. The lowest BCUT2D eigenvalue weighted by Gasteiger charge is -2.08. The number of hydrogen-bond donors (Lipinski definition) is 1. The van der Waals surface area contributed by atoms with Crippen LogP contribution in [0.1, 0.15) is 11.1 Å². The van der Waals surface area contributed by atoms with Crippen molar-refractivity contribution in [1.82, 2.24) is 0 Å². The molecule has 2 N–H and O–H groups in total. The van der Waals surface area contributed by atoms with E-state index in [0.29, 0.717) is 19.8 Å². The lowest BCUT2D eigenvalue weighted by molar-refractivity contribution is 0.102. The van der Waals surface area contributed by atoms with Crippen molar-refractivity contribution in [3.8, 4) is 5.75 Å². The third-order valence-corrected chi connectivity index (χ3v) is 3.23. The second-order valence-electron chi connectivity index (χ2n) is 4.88. The Kier molecular flexibility index (Phi) is 6.78. The molecule has 0 unspecified atom stereocenters. The summed E-state index contributed by atoms with van der Waals surface area (Å²) < 4.78 is 11.2. The predicted octanol–water partition coefficient (Wildman–Crippen LogP) is 2.83. The average Bonchev–Trinajstić information content (AvgIpc) is 2.53. The summed E-state index contributed by atoms with van der Waals surface area (Å²) in [6, 6.07) is 18.4. The molecule has 2 aromatic rings. The maximum Gasteiger partial charge on any atom is 0.119 e. The molecule has 3 nitrogen and oxygen atoms in total. The lowest BCUT2D eigenvalue weighted by atomic mass is 10.1. The SMILES string of the molecule is NCCc1ccc(OCCOCCc2ccccc2)cc1. The van der Waals surface area contributed by atoms with E-state index in [1.807, 2.05) is 30.3 Å². The molecule has 0 spiro atoms. The topological polar surface area (TPSA) is 44.5 Å². The molecule has 0 fully saturated rings. The molecule has 3 heteroatoms. The van der Waals surface area contributed by atoms with Crippen LogP contribution in [-0.2, 0) is 17.6 Å². The highest BCUT2D eigenvalue weighted by molar-refractivity contribution is 5.27. The maximum atomic E-state index is 5.64. The molecule has 2 aromatic carbocycles. The Morgan fingerprint density at radius 1 is 0.714 bits per heavy atom. The van der Waals surface area contributed by atoms with Crippen LogP contribution in [0.2, 0.25) is 0 Å². The summed E-state index contributed by atoms with van der Waals surface area (Å²) in [7, 11) is 0. The van der Waals surface area contributed by atoms with Gasteiger partial charge in [0, 0.05) is 0 Å². The first kappa shape index (κ1) is 15.5. The molecular formula is C18H23NO2. The zero-order chi connectivity index (χ0) is 14.8. The van der Waals surface area contributed by atoms with E-state index in [1.165, 1.54) is 11.1 Å². The van der Waals surface area contributed by atoms with Gasteiger partial charge in [0.1, 0.15) is 12.4 Å². The van der Waals surface area contributed by atoms with Gasteiger partial charge in [0.15, 0.2) is 0 Å². The number of rotatable bonds is 9. The highest BCUT2D eigenvalue weighted by Gasteiger charge is 1.96. The molecule has 0 bridgehead atoms. The summed E-state index contributed by atoms with van der Waals surface area (Å²) in [5.74, 6) is 0.877. The van der Waals surface area contributed by atoms with E-state index < -0.39 is 0 Å². The van der Waals surface area contributed by atoms with Gasteiger partial charge in [0.2, 0.25) is 0 Å². The van der Waals surface area contributed by atoms with E-state index in [2.05, 4.69) is 24.3 Å². The third kappa shape index (κ3) is 5.98. The van der Waals surface area contributed by atoms with E-state index in [9.17, 15) is 0 Å². The Morgan fingerprint density at radius 3 is 2.14 bits per heavy atom. The molecule has 0 aliphatic heterocycles. The molecule has 0 atom stereocenters. The van der Waals surface area contributed by atoms with Crippen LogP contribution in [0.4, 0.5) is 0 Å². The van der Waals surface area contributed by atoms with Crippen molar-refractivity contribution in [1.29, 1.82) is 0 Å². The normalized spacial score (nSPS) is 10.5. The van der Waals surface area contributed by atoms with Gasteiger partial charge < -0.3 is 15.2 Å². The predicted molar refractivity (Wildman–Crippen MR) is 85.7 cm³/mol. The van der Waals surface area contributed by atoms with E-state index in [1.54, 1.807) is 0 Å². The summed E-state index contributed by atoms with van der Waals surface area (Å²) in [4.78, 5) is 0. The van der Waals surface area contributed by atoms with Gasteiger partial charge >= 0.3 is 0 Å². The minimum Gasteiger partial charge on any atom is -0.491 e. The van der Waals surface area contributed by atoms with Crippen LogP contribution in [-0.4, -0.2) is 26.4 Å². The fourth-order valence-electron chi connectivity index (χ4n) is 2.07. The van der Waals surface area contributed by atoms with E-state index >= 15 is 0 Å². The fraction of sp³-hybridized carbons (Fsp3) is 0.333. The minimum absolute atomic E-state index is 0.574. The van der Waals surface area contributed by atoms with Crippen molar-refractivity contribution in [2.24, 2.45) is 5.73 Å². The fourth-order valence-corrected chi connectivity index (χ4v) is 2.07. The van der Waals surface area contributed by atoms with Crippen LogP contribution in [0.25, 0.3) is 0 Å². The molecule has 0 amide bonds. The summed E-state index contributed by atoms with van der Waals surface area (Å²) in [5.41, 5.74) is 8.06. The Bertz CT molecular complexity index is 496. The molecule has 2 rings (SSSR count). The maximum absolute atomic E-state index is 5.64. The Labute approximate surface area is 126 Å². The quantitative estimate of drug-likeness (QED) is 0.721. The first-order valence-electron chi connectivity index (χ1n) is 7.42. The molecule has 0 aromatic heterocycles. The number of benzene rings is 2. The summed E-state index contributed by atoms with van der Waals surface area (Å²) in [6.45, 7) is 2.58. The van der Waals surface area contributed by atoms with Gasteiger partial charge in [-0.05, 0) is 42.6 Å². The highest BCUT2D eigenvalue weighted by atomic mass is 16.5. The zero-order valence-corrected chi connectivity index (χ0v) is 12.3. The molecule has 0 saturated heterocycles. The lowest BCUT2D eigenvalue weighted by Crippen LogP contribution is -2.09. The highest BCUT2D eigenvalue weighted by Crippen LogP contribution is 2.12. The largest absolute Gasteiger partial charge is 0.491 e. The van der Waals surface area contributed by atoms with Crippen molar-refractivity contribution < 1.29 is 9.47 Å². The van der Waals surface area contributed by atoms with Gasteiger partial charge in [-0.25, -0.2) is 0 Å². The van der Waals surface area contributed by atoms with Crippen LogP contribution >= 0.6 is 0 Å². The Balaban J connectivity index is 1.57. The molecule has 0 aliphatic carbocycles. The second kappa shape index (κ2) is 9.16. The van der Waals surface area contributed by atoms with Crippen LogP contribution < -0.4 is 10.5 Å².